The van der Waals surface area contributed by atoms with Crippen LogP contribution >= 0.6 is 0 Å². The summed E-state index contributed by atoms with van der Waals surface area (Å²) in [6.07, 6.45) is 2.45. The average Bonchev–Trinajstić information content (AvgIpc) is 2.69. The van der Waals surface area contributed by atoms with E-state index in [4.69, 9.17) is 5.73 Å². The van der Waals surface area contributed by atoms with E-state index in [2.05, 4.69) is 42.4 Å². The van der Waals surface area contributed by atoms with E-state index in [0.29, 0.717) is 6.04 Å². The van der Waals surface area contributed by atoms with E-state index in [1.807, 2.05) is 6.92 Å². The fourth-order valence-corrected chi connectivity index (χ4v) is 2.68. The third-order valence-electron chi connectivity index (χ3n) is 3.75. The van der Waals surface area contributed by atoms with E-state index in [0.717, 1.165) is 23.7 Å². The zero-order valence-corrected chi connectivity index (χ0v) is 11.6. The second-order valence-electron chi connectivity index (χ2n) is 5.93. The van der Waals surface area contributed by atoms with Crippen LogP contribution in [0.5, 0.6) is 0 Å². The van der Waals surface area contributed by atoms with Crippen molar-refractivity contribution in [3.8, 4) is 0 Å². The maximum absolute atomic E-state index is 6.22. The second-order valence-corrected chi connectivity index (χ2v) is 5.93. The summed E-state index contributed by atoms with van der Waals surface area (Å²) in [6.45, 7) is 11.9. The lowest BCUT2D eigenvalue weighted by atomic mass is 10.0. The zero-order chi connectivity index (χ0) is 12.8. The Morgan fingerprint density at radius 3 is 2.47 bits per heavy atom. The summed E-state index contributed by atoms with van der Waals surface area (Å²) in [7, 11) is 0. The summed E-state index contributed by atoms with van der Waals surface area (Å²) < 4.78 is 2.07. The molecule has 0 radical (unpaired) electrons. The summed E-state index contributed by atoms with van der Waals surface area (Å²) in [5, 5.41) is 4.57. The number of nitrogens with zero attached hydrogens (tertiary/aromatic N) is 3. The molecule has 1 aliphatic heterocycles. The minimum atomic E-state index is 0.188. The van der Waals surface area contributed by atoms with Crippen molar-refractivity contribution in [1.82, 2.24) is 9.78 Å². The number of anilines is 2. The third-order valence-corrected chi connectivity index (χ3v) is 3.75. The Morgan fingerprint density at radius 1 is 1.35 bits per heavy atom. The van der Waals surface area contributed by atoms with Crippen molar-refractivity contribution in [3.05, 3.63) is 5.69 Å². The molecule has 1 aromatic heterocycles. The first kappa shape index (κ1) is 12.3. The molecule has 2 N–H and O–H groups in total. The fourth-order valence-electron chi connectivity index (χ4n) is 2.68. The van der Waals surface area contributed by atoms with Gasteiger partial charge in [-0.25, -0.2) is 4.68 Å². The molecule has 1 aromatic rings. The monoisotopic (exact) mass is 236 g/mol. The van der Waals surface area contributed by atoms with Gasteiger partial charge in [0, 0.05) is 18.1 Å². The van der Waals surface area contributed by atoms with Gasteiger partial charge in [0.25, 0.3) is 0 Å². The third kappa shape index (κ3) is 1.90. The minimum Gasteiger partial charge on any atom is -0.394 e. The van der Waals surface area contributed by atoms with Crippen LogP contribution in [0.4, 0.5) is 11.5 Å². The highest BCUT2D eigenvalue weighted by atomic mass is 15.4. The number of nitrogens with two attached hydrogens (primary N) is 1. The smallest absolute Gasteiger partial charge is 0.151 e. The van der Waals surface area contributed by atoms with Crippen LogP contribution in [0.3, 0.4) is 0 Å². The van der Waals surface area contributed by atoms with Crippen LogP contribution in [0.2, 0.25) is 0 Å². The Kier molecular flexibility index (Phi) is 2.84. The quantitative estimate of drug-likeness (QED) is 0.859. The van der Waals surface area contributed by atoms with Crippen LogP contribution in [0.1, 0.15) is 52.3 Å². The van der Waals surface area contributed by atoms with Gasteiger partial charge in [0.1, 0.15) is 0 Å². The molecule has 2 rings (SSSR count). The van der Waals surface area contributed by atoms with Crippen LogP contribution in [0.25, 0.3) is 0 Å². The van der Waals surface area contributed by atoms with E-state index in [-0.39, 0.29) is 5.54 Å². The van der Waals surface area contributed by atoms with Gasteiger partial charge in [0.15, 0.2) is 5.82 Å². The largest absolute Gasteiger partial charge is 0.394 e. The highest BCUT2D eigenvalue weighted by Crippen LogP contribution is 2.38. The minimum absolute atomic E-state index is 0.188. The predicted octanol–water partition coefficient (Wildman–Crippen LogP) is 2.73. The SMILES string of the molecule is Cc1nn(C(C)C)c(N2CCCC2(C)C)c1N. The van der Waals surface area contributed by atoms with Gasteiger partial charge < -0.3 is 10.6 Å². The lowest BCUT2D eigenvalue weighted by Gasteiger charge is -2.34. The Hall–Kier alpha value is -1.19. The molecule has 0 aliphatic carbocycles. The van der Waals surface area contributed by atoms with E-state index in [1.165, 1.54) is 12.8 Å². The fraction of sp³-hybridized carbons (Fsp3) is 0.769. The van der Waals surface area contributed by atoms with E-state index < -0.39 is 0 Å². The summed E-state index contributed by atoms with van der Waals surface area (Å²) in [4.78, 5) is 2.42. The molecule has 0 unspecified atom stereocenters. The maximum atomic E-state index is 6.22. The lowest BCUT2D eigenvalue weighted by molar-refractivity contribution is 0.476. The van der Waals surface area contributed by atoms with Gasteiger partial charge in [-0.05, 0) is 47.5 Å². The molecule has 1 aliphatic rings. The topological polar surface area (TPSA) is 47.1 Å². The van der Waals surface area contributed by atoms with Crippen molar-refractivity contribution in [3.63, 3.8) is 0 Å². The zero-order valence-electron chi connectivity index (χ0n) is 11.6. The molecule has 0 spiro atoms. The van der Waals surface area contributed by atoms with Crippen LogP contribution in [-0.2, 0) is 0 Å². The van der Waals surface area contributed by atoms with Gasteiger partial charge in [0.2, 0.25) is 0 Å². The van der Waals surface area contributed by atoms with Gasteiger partial charge in [-0.3, -0.25) is 0 Å². The molecule has 1 fully saturated rings. The van der Waals surface area contributed by atoms with E-state index in [1.54, 1.807) is 0 Å². The molecule has 4 nitrogen and oxygen atoms in total. The van der Waals surface area contributed by atoms with Crippen LogP contribution in [-0.4, -0.2) is 21.9 Å². The number of nitrogen functional groups attached to an aromatic ring is 1. The Bertz CT molecular complexity index is 417. The van der Waals surface area contributed by atoms with Gasteiger partial charge in [-0.1, -0.05) is 0 Å². The van der Waals surface area contributed by atoms with Crippen molar-refractivity contribution in [1.29, 1.82) is 0 Å². The Balaban J connectivity index is 2.50. The van der Waals surface area contributed by atoms with Crippen LogP contribution in [0, 0.1) is 6.92 Å². The van der Waals surface area contributed by atoms with Crippen molar-refractivity contribution >= 4 is 11.5 Å². The molecule has 0 saturated carbocycles. The van der Waals surface area contributed by atoms with Crippen LogP contribution in [0.15, 0.2) is 0 Å². The molecule has 0 amide bonds. The first-order valence-electron chi connectivity index (χ1n) is 6.47. The average molecular weight is 236 g/mol. The van der Waals surface area contributed by atoms with Crippen molar-refractivity contribution in [2.45, 2.75) is 59.0 Å². The molecule has 0 aromatic carbocycles. The molecule has 1 saturated heterocycles. The Morgan fingerprint density at radius 2 is 2.00 bits per heavy atom. The first-order chi connectivity index (χ1) is 7.84. The molecule has 0 bridgehead atoms. The molecule has 17 heavy (non-hydrogen) atoms. The van der Waals surface area contributed by atoms with Crippen LogP contribution < -0.4 is 10.6 Å². The van der Waals surface area contributed by atoms with Gasteiger partial charge in [0.05, 0.1) is 11.4 Å². The van der Waals surface area contributed by atoms with Crippen molar-refractivity contribution in [2.75, 3.05) is 17.2 Å². The lowest BCUT2D eigenvalue weighted by Crippen LogP contribution is -2.40. The molecule has 2 heterocycles. The standard InChI is InChI=1S/C13H24N4/c1-9(2)17-12(11(14)10(3)15-17)16-8-6-7-13(16,4)5/h9H,6-8,14H2,1-5H3. The Labute approximate surface area is 104 Å². The second kappa shape index (κ2) is 3.93. The molecule has 96 valence electrons. The normalized spacial score (nSPS) is 19.3. The molecule has 4 heteroatoms. The maximum Gasteiger partial charge on any atom is 0.151 e. The van der Waals surface area contributed by atoms with Gasteiger partial charge >= 0.3 is 0 Å². The highest BCUT2D eigenvalue weighted by molar-refractivity contribution is 5.68. The first-order valence-corrected chi connectivity index (χ1v) is 6.47. The van der Waals surface area contributed by atoms with E-state index >= 15 is 0 Å². The van der Waals surface area contributed by atoms with Crippen molar-refractivity contribution in [2.24, 2.45) is 0 Å². The molecular formula is C13H24N4. The predicted molar refractivity (Wildman–Crippen MR) is 72.4 cm³/mol. The highest BCUT2D eigenvalue weighted by Gasteiger charge is 2.36. The summed E-state index contributed by atoms with van der Waals surface area (Å²) in [5.41, 5.74) is 8.19. The molecular weight excluding hydrogens is 212 g/mol. The number of aryl methyl sites for hydroxylation is 1. The summed E-state index contributed by atoms with van der Waals surface area (Å²) in [6, 6.07) is 0.345. The number of hydrogen-bond donors (Lipinski definition) is 1. The summed E-state index contributed by atoms with van der Waals surface area (Å²) in [5.74, 6) is 1.11. The summed E-state index contributed by atoms with van der Waals surface area (Å²) >= 11 is 0. The van der Waals surface area contributed by atoms with Crippen molar-refractivity contribution < 1.29 is 0 Å². The van der Waals surface area contributed by atoms with Gasteiger partial charge in [-0.15, -0.1) is 0 Å². The number of hydrogen-bond acceptors (Lipinski definition) is 3. The number of rotatable bonds is 2. The van der Waals surface area contributed by atoms with E-state index in [9.17, 15) is 0 Å². The van der Waals surface area contributed by atoms with Gasteiger partial charge in [-0.2, -0.15) is 5.10 Å². The molecule has 0 atom stereocenters. The number of aromatic nitrogens is 2.